The molecule has 0 radical (unpaired) electrons. The Morgan fingerprint density at radius 2 is 1.85 bits per heavy atom. The van der Waals surface area contributed by atoms with E-state index >= 15 is 0 Å². The molecule has 1 atom stereocenters. The van der Waals surface area contributed by atoms with Crippen molar-refractivity contribution in [1.29, 1.82) is 0 Å². The standard InChI is InChI=1S/C32H29ClN2O5S/c1-5-39-31(37)27-20(3)34-32-35(28(27)22-14-12-19(2)13-15-22)30(36)26(41-32)17-23-9-7-11-25(38-4)29(23)40-18-21-8-6-10-24(33)16-21/h6-17,28H,5,18H2,1-4H3/b26-17-/t28-/m0/s1. The van der Waals surface area contributed by atoms with E-state index in [9.17, 15) is 9.59 Å². The van der Waals surface area contributed by atoms with E-state index in [1.165, 1.54) is 11.3 Å². The second-order valence-electron chi connectivity index (χ2n) is 9.51. The average molecular weight is 589 g/mol. The number of halogens is 1. The fraction of sp³-hybridized carbons (Fsp3) is 0.219. The average Bonchev–Trinajstić information content (AvgIpc) is 3.26. The van der Waals surface area contributed by atoms with Crippen molar-refractivity contribution in [2.45, 2.75) is 33.4 Å². The number of hydrogen-bond acceptors (Lipinski definition) is 7. The number of nitrogens with zero attached hydrogens (tertiary/aromatic N) is 2. The summed E-state index contributed by atoms with van der Waals surface area (Å²) in [6.45, 7) is 5.99. The summed E-state index contributed by atoms with van der Waals surface area (Å²) in [6.07, 6.45) is 1.77. The van der Waals surface area contributed by atoms with Crippen molar-refractivity contribution < 1.29 is 19.0 Å². The van der Waals surface area contributed by atoms with E-state index in [1.807, 2.05) is 61.5 Å². The van der Waals surface area contributed by atoms with E-state index in [-0.39, 0.29) is 18.8 Å². The highest BCUT2D eigenvalue weighted by Gasteiger charge is 2.33. The van der Waals surface area contributed by atoms with Crippen LogP contribution in [-0.2, 0) is 16.1 Å². The molecule has 41 heavy (non-hydrogen) atoms. The van der Waals surface area contributed by atoms with E-state index in [0.717, 1.165) is 16.7 Å². The van der Waals surface area contributed by atoms with Gasteiger partial charge >= 0.3 is 5.97 Å². The highest BCUT2D eigenvalue weighted by atomic mass is 35.5. The number of ether oxygens (including phenoxy) is 3. The minimum absolute atomic E-state index is 0.217. The molecule has 0 saturated heterocycles. The molecule has 0 bridgehead atoms. The van der Waals surface area contributed by atoms with Crippen molar-refractivity contribution in [3.05, 3.63) is 125 Å². The number of methoxy groups -OCH3 is 1. The lowest BCUT2D eigenvalue weighted by molar-refractivity contribution is -0.139. The molecule has 210 valence electrons. The summed E-state index contributed by atoms with van der Waals surface area (Å²) >= 11 is 7.40. The first-order valence-electron chi connectivity index (χ1n) is 13.1. The maximum atomic E-state index is 14.0. The normalized spacial score (nSPS) is 14.9. The van der Waals surface area contributed by atoms with Crippen molar-refractivity contribution in [2.24, 2.45) is 4.99 Å². The Morgan fingerprint density at radius 3 is 2.56 bits per heavy atom. The number of benzene rings is 3. The minimum Gasteiger partial charge on any atom is -0.493 e. The molecule has 0 fully saturated rings. The van der Waals surface area contributed by atoms with Crippen LogP contribution in [0.25, 0.3) is 6.08 Å². The van der Waals surface area contributed by atoms with Crippen molar-refractivity contribution in [3.8, 4) is 11.5 Å². The van der Waals surface area contributed by atoms with E-state index in [1.54, 1.807) is 43.7 Å². The van der Waals surface area contributed by atoms with Gasteiger partial charge in [-0.2, -0.15) is 0 Å². The van der Waals surface area contributed by atoms with Crippen molar-refractivity contribution in [2.75, 3.05) is 13.7 Å². The van der Waals surface area contributed by atoms with Gasteiger partial charge in [-0.15, -0.1) is 0 Å². The molecular weight excluding hydrogens is 560 g/mol. The Kier molecular flexibility index (Phi) is 8.42. The van der Waals surface area contributed by atoms with Gasteiger partial charge in [-0.05, 0) is 56.2 Å². The third-order valence-electron chi connectivity index (χ3n) is 6.70. The number of hydrogen-bond donors (Lipinski definition) is 0. The molecule has 0 saturated carbocycles. The highest BCUT2D eigenvalue weighted by Crippen LogP contribution is 2.33. The number of carbonyl (C=O) groups excluding carboxylic acids is 1. The van der Waals surface area contributed by atoms with Gasteiger partial charge in [0.2, 0.25) is 0 Å². The van der Waals surface area contributed by atoms with Gasteiger partial charge in [-0.3, -0.25) is 9.36 Å². The molecule has 4 aromatic rings. The van der Waals surface area contributed by atoms with Gasteiger partial charge in [0, 0.05) is 10.6 Å². The van der Waals surface area contributed by atoms with Crippen LogP contribution in [0.3, 0.4) is 0 Å². The van der Waals surface area contributed by atoms with E-state index < -0.39 is 12.0 Å². The SMILES string of the molecule is CCOC(=O)C1=C(C)N=c2s/c(=C\c3cccc(OC)c3OCc3cccc(Cl)c3)c(=O)n2[C@H]1c1ccc(C)cc1. The number of aromatic nitrogens is 1. The number of carbonyl (C=O) groups is 1. The topological polar surface area (TPSA) is 79.1 Å². The van der Waals surface area contributed by atoms with Gasteiger partial charge in [0.25, 0.3) is 5.56 Å². The van der Waals surface area contributed by atoms with Crippen LogP contribution in [0.1, 0.15) is 42.1 Å². The van der Waals surface area contributed by atoms with Crippen LogP contribution in [0.4, 0.5) is 0 Å². The maximum absolute atomic E-state index is 14.0. The lowest BCUT2D eigenvalue weighted by Gasteiger charge is -2.24. The fourth-order valence-corrected chi connectivity index (χ4v) is 5.99. The van der Waals surface area contributed by atoms with Gasteiger partial charge in [0.1, 0.15) is 6.61 Å². The number of rotatable bonds is 8. The van der Waals surface area contributed by atoms with Gasteiger partial charge in [-0.1, -0.05) is 77.0 Å². The van der Waals surface area contributed by atoms with Crippen molar-refractivity contribution in [3.63, 3.8) is 0 Å². The Labute approximate surface area is 246 Å². The molecule has 1 aromatic heterocycles. The molecule has 9 heteroatoms. The summed E-state index contributed by atoms with van der Waals surface area (Å²) in [5.41, 5.74) is 4.04. The molecule has 5 rings (SSSR count). The van der Waals surface area contributed by atoms with E-state index in [4.69, 9.17) is 25.8 Å². The van der Waals surface area contributed by atoms with Crippen LogP contribution in [0.5, 0.6) is 11.5 Å². The number of para-hydroxylation sites is 1. The van der Waals surface area contributed by atoms with Crippen LogP contribution in [0.2, 0.25) is 5.02 Å². The Balaban J connectivity index is 1.64. The Bertz CT molecular complexity index is 1820. The van der Waals surface area contributed by atoms with Gasteiger partial charge in [-0.25, -0.2) is 9.79 Å². The summed E-state index contributed by atoms with van der Waals surface area (Å²) < 4.78 is 19.2. The zero-order valence-electron chi connectivity index (χ0n) is 23.1. The lowest BCUT2D eigenvalue weighted by Crippen LogP contribution is -2.39. The second-order valence-corrected chi connectivity index (χ2v) is 11.0. The molecule has 0 spiro atoms. The van der Waals surface area contributed by atoms with Crippen LogP contribution in [0, 0.1) is 6.92 Å². The number of allylic oxidation sites excluding steroid dienone is 1. The van der Waals surface area contributed by atoms with E-state index in [0.29, 0.717) is 42.7 Å². The first-order valence-corrected chi connectivity index (χ1v) is 14.3. The maximum Gasteiger partial charge on any atom is 0.338 e. The summed E-state index contributed by atoms with van der Waals surface area (Å²) in [4.78, 5) is 32.3. The summed E-state index contributed by atoms with van der Waals surface area (Å²) in [7, 11) is 1.57. The number of fused-ring (bicyclic) bond motifs is 1. The Morgan fingerprint density at radius 1 is 1.10 bits per heavy atom. The number of thiazole rings is 1. The van der Waals surface area contributed by atoms with Crippen LogP contribution >= 0.6 is 22.9 Å². The molecule has 0 unspecified atom stereocenters. The number of aryl methyl sites for hydroxylation is 1. The molecule has 1 aliphatic heterocycles. The zero-order valence-corrected chi connectivity index (χ0v) is 24.7. The predicted octanol–water partition coefficient (Wildman–Crippen LogP) is 5.35. The molecule has 7 nitrogen and oxygen atoms in total. The molecule has 0 aliphatic carbocycles. The number of esters is 1. The fourth-order valence-electron chi connectivity index (χ4n) is 4.74. The molecule has 2 heterocycles. The molecule has 1 aliphatic rings. The lowest BCUT2D eigenvalue weighted by atomic mass is 9.95. The van der Waals surface area contributed by atoms with Crippen LogP contribution in [0.15, 0.2) is 87.8 Å². The molecular formula is C32H29ClN2O5S. The summed E-state index contributed by atoms with van der Waals surface area (Å²) in [6, 6.07) is 20.0. The first-order chi connectivity index (χ1) is 19.8. The van der Waals surface area contributed by atoms with Gasteiger partial charge in [0.15, 0.2) is 16.3 Å². The highest BCUT2D eigenvalue weighted by molar-refractivity contribution is 7.07. The van der Waals surface area contributed by atoms with Crippen molar-refractivity contribution >= 4 is 35.0 Å². The predicted molar refractivity (Wildman–Crippen MR) is 160 cm³/mol. The summed E-state index contributed by atoms with van der Waals surface area (Å²) in [5.74, 6) is 0.545. The van der Waals surface area contributed by atoms with Crippen molar-refractivity contribution in [1.82, 2.24) is 4.57 Å². The van der Waals surface area contributed by atoms with E-state index in [2.05, 4.69) is 4.99 Å². The largest absolute Gasteiger partial charge is 0.493 e. The molecule has 3 aromatic carbocycles. The quantitative estimate of drug-likeness (QED) is 0.259. The van der Waals surface area contributed by atoms with Gasteiger partial charge in [0.05, 0.1) is 35.6 Å². The third kappa shape index (κ3) is 5.85. The summed E-state index contributed by atoms with van der Waals surface area (Å²) in [5, 5.41) is 0.619. The first kappa shape index (κ1) is 28.4. The molecule has 0 amide bonds. The van der Waals surface area contributed by atoms with Gasteiger partial charge < -0.3 is 14.2 Å². The smallest absolute Gasteiger partial charge is 0.338 e. The third-order valence-corrected chi connectivity index (χ3v) is 7.92. The van der Waals surface area contributed by atoms with Crippen LogP contribution in [-0.4, -0.2) is 24.3 Å². The van der Waals surface area contributed by atoms with Crippen LogP contribution < -0.4 is 24.4 Å². The zero-order chi connectivity index (χ0) is 29.1. The monoisotopic (exact) mass is 588 g/mol. The Hall–Kier alpha value is -4.14. The molecule has 0 N–H and O–H groups in total. The second kappa shape index (κ2) is 12.2. The minimum atomic E-state index is -0.670.